The van der Waals surface area contributed by atoms with Gasteiger partial charge in [-0.2, -0.15) is 0 Å². The van der Waals surface area contributed by atoms with Gasteiger partial charge in [0.1, 0.15) is 6.61 Å². The molecule has 1 aliphatic rings. The minimum atomic E-state index is -0.480. The highest BCUT2D eigenvalue weighted by atomic mass is 32.2. The number of carbonyl (C=O) groups excluding carboxylic acids is 1. The summed E-state index contributed by atoms with van der Waals surface area (Å²) in [7, 11) is 0. The number of hydrogen-bond donors (Lipinski definition) is 0. The van der Waals surface area contributed by atoms with Crippen LogP contribution in [0.5, 0.6) is 0 Å². The third-order valence-electron chi connectivity index (χ3n) is 3.59. The molecular formula is C17H15NO4S2. The lowest BCUT2D eigenvalue weighted by Gasteiger charge is -2.09. The van der Waals surface area contributed by atoms with E-state index in [4.69, 9.17) is 4.74 Å². The molecule has 124 valence electrons. The van der Waals surface area contributed by atoms with Gasteiger partial charge < -0.3 is 4.74 Å². The van der Waals surface area contributed by atoms with Crippen molar-refractivity contribution in [1.29, 1.82) is 0 Å². The Bertz CT molecular complexity index is 743. The van der Waals surface area contributed by atoms with Gasteiger partial charge in [-0.1, -0.05) is 24.3 Å². The summed E-state index contributed by atoms with van der Waals surface area (Å²) >= 11 is 3.81. The molecule has 7 heteroatoms. The van der Waals surface area contributed by atoms with Crippen molar-refractivity contribution in [1.82, 2.24) is 0 Å². The lowest BCUT2D eigenvalue weighted by molar-refractivity contribution is -0.385. The largest absolute Gasteiger partial charge is 0.457 e. The molecule has 0 atom stereocenters. The van der Waals surface area contributed by atoms with Crippen molar-refractivity contribution in [3.8, 4) is 0 Å². The van der Waals surface area contributed by atoms with E-state index < -0.39 is 10.9 Å². The van der Waals surface area contributed by atoms with Crippen molar-refractivity contribution in [2.45, 2.75) is 11.2 Å². The molecule has 2 aromatic rings. The Morgan fingerprint density at radius 1 is 1.12 bits per heavy atom. The van der Waals surface area contributed by atoms with E-state index in [-0.39, 0.29) is 12.3 Å². The summed E-state index contributed by atoms with van der Waals surface area (Å²) in [5, 5.41) is 11.0. The molecule has 24 heavy (non-hydrogen) atoms. The van der Waals surface area contributed by atoms with Crippen LogP contribution in [0.15, 0.2) is 48.5 Å². The molecule has 0 N–H and O–H groups in total. The van der Waals surface area contributed by atoms with E-state index in [1.165, 1.54) is 11.6 Å². The summed E-state index contributed by atoms with van der Waals surface area (Å²) in [6.07, 6.45) is 0. The molecule has 5 nitrogen and oxygen atoms in total. The van der Waals surface area contributed by atoms with Crippen molar-refractivity contribution in [3.63, 3.8) is 0 Å². The maximum absolute atomic E-state index is 12.1. The van der Waals surface area contributed by atoms with Gasteiger partial charge in [-0.3, -0.25) is 10.1 Å². The predicted molar refractivity (Wildman–Crippen MR) is 96.3 cm³/mol. The predicted octanol–water partition coefficient (Wildman–Crippen LogP) is 4.43. The summed E-state index contributed by atoms with van der Waals surface area (Å²) in [5.74, 6) is 1.82. The smallest absolute Gasteiger partial charge is 0.338 e. The Labute approximate surface area is 147 Å². The fourth-order valence-corrected chi connectivity index (χ4v) is 5.22. The molecule has 0 unspecified atom stereocenters. The van der Waals surface area contributed by atoms with Crippen molar-refractivity contribution in [3.05, 3.63) is 75.3 Å². The molecule has 0 aliphatic carbocycles. The molecule has 0 bridgehead atoms. The Hall–Kier alpha value is -1.99. The van der Waals surface area contributed by atoms with Crippen LogP contribution >= 0.6 is 23.5 Å². The maximum atomic E-state index is 12.1. The van der Waals surface area contributed by atoms with Crippen LogP contribution < -0.4 is 0 Å². The first kappa shape index (κ1) is 16.9. The molecule has 2 aromatic carbocycles. The number of hydrogen-bond acceptors (Lipinski definition) is 6. The Morgan fingerprint density at radius 3 is 2.46 bits per heavy atom. The Morgan fingerprint density at radius 2 is 1.79 bits per heavy atom. The zero-order chi connectivity index (χ0) is 16.9. The van der Waals surface area contributed by atoms with Crippen LogP contribution in [-0.2, 0) is 11.3 Å². The molecule has 0 aromatic heterocycles. The minimum Gasteiger partial charge on any atom is -0.457 e. The number of rotatable bonds is 5. The van der Waals surface area contributed by atoms with E-state index >= 15 is 0 Å². The van der Waals surface area contributed by atoms with E-state index in [1.807, 2.05) is 35.7 Å². The minimum absolute atomic E-state index is 0.0454. The molecular weight excluding hydrogens is 346 g/mol. The van der Waals surface area contributed by atoms with Gasteiger partial charge in [-0.15, -0.1) is 23.5 Å². The van der Waals surface area contributed by atoms with Crippen molar-refractivity contribution in [2.75, 3.05) is 11.5 Å². The fourth-order valence-electron chi connectivity index (χ4n) is 2.36. The quantitative estimate of drug-likeness (QED) is 0.446. The zero-order valence-corrected chi connectivity index (χ0v) is 14.3. The number of esters is 1. The molecule has 0 radical (unpaired) electrons. The lowest BCUT2D eigenvalue weighted by atomic mass is 10.1. The summed E-state index contributed by atoms with van der Waals surface area (Å²) in [6, 6.07) is 13.6. The molecule has 0 saturated carbocycles. The monoisotopic (exact) mass is 361 g/mol. The SMILES string of the molecule is O=C(OCc1ccccc1[N+](=O)[O-])c1ccc(C2SCCS2)cc1. The lowest BCUT2D eigenvalue weighted by Crippen LogP contribution is -2.06. The van der Waals surface area contributed by atoms with E-state index in [1.54, 1.807) is 30.3 Å². The first-order valence-corrected chi connectivity index (χ1v) is 9.47. The Balaban J connectivity index is 1.64. The Kier molecular flexibility index (Phi) is 5.42. The summed E-state index contributed by atoms with van der Waals surface area (Å²) in [5.41, 5.74) is 1.98. The van der Waals surface area contributed by atoms with Crippen LogP contribution in [-0.4, -0.2) is 22.4 Å². The molecule has 0 spiro atoms. The van der Waals surface area contributed by atoms with Crippen LogP contribution in [0.3, 0.4) is 0 Å². The highest BCUT2D eigenvalue weighted by Gasteiger charge is 2.19. The molecule has 3 rings (SSSR count). The molecule has 1 heterocycles. The maximum Gasteiger partial charge on any atom is 0.338 e. The highest BCUT2D eigenvalue weighted by Crippen LogP contribution is 2.45. The molecule has 1 fully saturated rings. The third-order valence-corrected chi connectivity index (χ3v) is 6.69. The van der Waals surface area contributed by atoms with Gasteiger partial charge in [-0.25, -0.2) is 4.79 Å². The van der Waals surface area contributed by atoms with Crippen LogP contribution in [0.2, 0.25) is 0 Å². The van der Waals surface area contributed by atoms with Crippen molar-refractivity contribution < 1.29 is 14.5 Å². The van der Waals surface area contributed by atoms with Crippen molar-refractivity contribution in [2.24, 2.45) is 0 Å². The second-order valence-electron chi connectivity index (χ2n) is 5.16. The van der Waals surface area contributed by atoms with Gasteiger partial charge in [0.2, 0.25) is 0 Å². The summed E-state index contributed by atoms with van der Waals surface area (Å²) < 4.78 is 5.65. The van der Waals surface area contributed by atoms with Gasteiger partial charge in [0.15, 0.2) is 0 Å². The number of ether oxygens (including phenoxy) is 1. The van der Waals surface area contributed by atoms with Crippen LogP contribution in [0, 0.1) is 10.1 Å². The number of para-hydroxylation sites is 1. The second kappa shape index (κ2) is 7.72. The van der Waals surface area contributed by atoms with Crippen LogP contribution in [0.4, 0.5) is 5.69 Å². The molecule has 1 saturated heterocycles. The first-order valence-electron chi connectivity index (χ1n) is 7.38. The second-order valence-corrected chi connectivity index (χ2v) is 7.88. The van der Waals surface area contributed by atoms with Crippen LogP contribution in [0.25, 0.3) is 0 Å². The van der Waals surface area contributed by atoms with Gasteiger partial charge in [-0.05, 0) is 23.8 Å². The molecule has 1 aliphatic heterocycles. The number of carbonyl (C=O) groups is 1. The average Bonchev–Trinajstić information content (AvgIpc) is 3.14. The van der Waals surface area contributed by atoms with Gasteiger partial charge in [0.05, 0.1) is 20.6 Å². The number of thioether (sulfide) groups is 2. The zero-order valence-electron chi connectivity index (χ0n) is 12.7. The third kappa shape index (κ3) is 3.91. The van der Waals surface area contributed by atoms with Gasteiger partial charge >= 0.3 is 5.97 Å². The van der Waals surface area contributed by atoms with E-state index in [0.717, 1.165) is 11.5 Å². The van der Waals surface area contributed by atoms with Crippen molar-refractivity contribution >= 4 is 35.2 Å². The average molecular weight is 361 g/mol. The topological polar surface area (TPSA) is 69.4 Å². The number of benzene rings is 2. The number of nitro benzene ring substituents is 1. The van der Waals surface area contributed by atoms with E-state index in [2.05, 4.69) is 0 Å². The fraction of sp³-hybridized carbons (Fsp3) is 0.235. The van der Waals surface area contributed by atoms with Gasteiger partial charge in [0, 0.05) is 17.6 Å². The summed E-state index contributed by atoms with van der Waals surface area (Å²) in [4.78, 5) is 22.6. The van der Waals surface area contributed by atoms with Crippen LogP contribution in [0.1, 0.15) is 26.1 Å². The number of nitro groups is 1. The normalized spacial score (nSPS) is 14.5. The van der Waals surface area contributed by atoms with E-state index in [0.29, 0.717) is 15.7 Å². The summed E-state index contributed by atoms with van der Waals surface area (Å²) in [6.45, 7) is -0.119. The first-order chi connectivity index (χ1) is 11.6. The highest BCUT2D eigenvalue weighted by molar-refractivity contribution is 8.19. The standard InChI is InChI=1S/C17H15NO4S2/c19-16(22-11-14-3-1-2-4-15(14)18(20)21)12-5-7-13(8-6-12)17-23-9-10-24-17/h1-8,17H,9-11H2. The van der Waals surface area contributed by atoms with Gasteiger partial charge in [0.25, 0.3) is 5.69 Å². The molecule has 0 amide bonds. The van der Waals surface area contributed by atoms with E-state index in [9.17, 15) is 14.9 Å². The number of nitrogens with zero attached hydrogens (tertiary/aromatic N) is 1.